The van der Waals surface area contributed by atoms with Gasteiger partial charge in [0, 0.05) is 43.2 Å². The van der Waals surface area contributed by atoms with Gasteiger partial charge in [-0.25, -0.2) is 0 Å². The molecule has 0 aromatic heterocycles. The van der Waals surface area contributed by atoms with E-state index in [4.69, 9.17) is 5.73 Å². The van der Waals surface area contributed by atoms with Gasteiger partial charge in [-0.1, -0.05) is 6.07 Å². The lowest BCUT2D eigenvalue weighted by Crippen LogP contribution is -2.47. The molecule has 1 unspecified atom stereocenters. The van der Waals surface area contributed by atoms with E-state index in [1.807, 2.05) is 0 Å². The Bertz CT molecular complexity index is 477. The zero-order valence-corrected chi connectivity index (χ0v) is 14.5. The van der Waals surface area contributed by atoms with E-state index in [9.17, 15) is 0 Å². The molecule has 1 aromatic carbocycles. The van der Waals surface area contributed by atoms with E-state index in [-0.39, 0.29) is 6.04 Å². The van der Waals surface area contributed by atoms with E-state index in [0.29, 0.717) is 0 Å². The molecule has 1 heterocycles. The van der Waals surface area contributed by atoms with Crippen molar-refractivity contribution in [3.8, 4) is 0 Å². The molecular formula is C17H26BrN3. The average Bonchev–Trinajstić information content (AvgIpc) is 3.23. The molecule has 1 atom stereocenters. The maximum Gasteiger partial charge on any atom is 0.0511 e. The summed E-state index contributed by atoms with van der Waals surface area (Å²) >= 11 is 3.74. The van der Waals surface area contributed by atoms with Crippen LogP contribution in [0.5, 0.6) is 0 Å². The van der Waals surface area contributed by atoms with Crippen molar-refractivity contribution >= 4 is 21.6 Å². The first-order chi connectivity index (χ1) is 10.1. The van der Waals surface area contributed by atoms with Crippen molar-refractivity contribution in [1.82, 2.24) is 4.90 Å². The lowest BCUT2D eigenvalue weighted by atomic mass is 10.1. The minimum absolute atomic E-state index is 0.216. The Kier molecular flexibility index (Phi) is 4.87. The van der Waals surface area contributed by atoms with Crippen LogP contribution < -0.4 is 10.6 Å². The summed E-state index contributed by atoms with van der Waals surface area (Å²) in [4.78, 5) is 5.13. The summed E-state index contributed by atoms with van der Waals surface area (Å²) in [5.41, 5.74) is 8.53. The van der Waals surface area contributed by atoms with E-state index >= 15 is 0 Å². The number of benzene rings is 1. The van der Waals surface area contributed by atoms with Gasteiger partial charge >= 0.3 is 0 Å². The van der Waals surface area contributed by atoms with Gasteiger partial charge in [0.05, 0.1) is 5.69 Å². The van der Waals surface area contributed by atoms with Crippen LogP contribution in [0.3, 0.4) is 0 Å². The molecule has 0 amide bonds. The van der Waals surface area contributed by atoms with Crippen molar-refractivity contribution in [3.63, 3.8) is 0 Å². The van der Waals surface area contributed by atoms with Gasteiger partial charge in [0.1, 0.15) is 0 Å². The first kappa shape index (κ1) is 15.3. The fourth-order valence-electron chi connectivity index (χ4n) is 3.14. The van der Waals surface area contributed by atoms with Crippen LogP contribution in [0, 0.1) is 5.92 Å². The number of piperazine rings is 1. The van der Waals surface area contributed by atoms with Crippen molar-refractivity contribution in [3.05, 3.63) is 28.2 Å². The van der Waals surface area contributed by atoms with Crippen LogP contribution in [0.15, 0.2) is 22.7 Å². The number of anilines is 1. The predicted octanol–water partition coefficient (Wildman–Crippen LogP) is 2.87. The number of nitrogens with zero attached hydrogens (tertiary/aromatic N) is 2. The topological polar surface area (TPSA) is 32.5 Å². The largest absolute Gasteiger partial charge is 0.368 e. The van der Waals surface area contributed by atoms with E-state index in [2.05, 4.69) is 50.9 Å². The van der Waals surface area contributed by atoms with Crippen LogP contribution in [0.2, 0.25) is 0 Å². The molecule has 2 N–H and O–H groups in total. The van der Waals surface area contributed by atoms with Crippen molar-refractivity contribution in [2.45, 2.75) is 32.2 Å². The highest BCUT2D eigenvalue weighted by molar-refractivity contribution is 9.10. The Morgan fingerprint density at radius 3 is 2.52 bits per heavy atom. The molecule has 3 rings (SSSR count). The molecule has 3 nitrogen and oxygen atoms in total. The minimum atomic E-state index is 0.216. The normalized spacial score (nSPS) is 21.6. The quantitative estimate of drug-likeness (QED) is 0.885. The molecule has 1 saturated heterocycles. The second-order valence-electron chi connectivity index (χ2n) is 6.70. The van der Waals surface area contributed by atoms with Gasteiger partial charge in [0.2, 0.25) is 0 Å². The van der Waals surface area contributed by atoms with Crippen LogP contribution in [0.4, 0.5) is 5.69 Å². The second-order valence-corrected chi connectivity index (χ2v) is 7.55. The molecule has 0 spiro atoms. The summed E-state index contributed by atoms with van der Waals surface area (Å²) in [5, 5.41) is 0. The predicted molar refractivity (Wildman–Crippen MR) is 92.9 cm³/mol. The maximum absolute atomic E-state index is 5.88. The van der Waals surface area contributed by atoms with Crippen molar-refractivity contribution in [2.75, 3.05) is 37.6 Å². The van der Waals surface area contributed by atoms with E-state index in [1.54, 1.807) is 0 Å². The first-order valence-corrected chi connectivity index (χ1v) is 8.92. The average molecular weight is 352 g/mol. The summed E-state index contributed by atoms with van der Waals surface area (Å²) in [7, 11) is 0. The highest BCUT2D eigenvalue weighted by Gasteiger charge is 2.26. The third kappa shape index (κ3) is 4.21. The van der Waals surface area contributed by atoms with Crippen molar-refractivity contribution in [1.29, 1.82) is 0 Å². The molecule has 0 radical (unpaired) electrons. The van der Waals surface area contributed by atoms with Crippen molar-refractivity contribution < 1.29 is 0 Å². The number of nitrogens with two attached hydrogens (primary N) is 1. The fourth-order valence-corrected chi connectivity index (χ4v) is 3.82. The molecule has 1 aliphatic carbocycles. The van der Waals surface area contributed by atoms with Gasteiger partial charge in [-0.2, -0.15) is 0 Å². The van der Waals surface area contributed by atoms with Gasteiger partial charge < -0.3 is 10.6 Å². The SMILES string of the molecule is CC(N)Cc1ccc(N2CCN(CC3CC3)CC2)c(Br)c1. The lowest BCUT2D eigenvalue weighted by molar-refractivity contribution is 0.248. The molecular weight excluding hydrogens is 326 g/mol. The summed E-state index contributed by atoms with van der Waals surface area (Å²) in [6.45, 7) is 8.05. The molecule has 2 fully saturated rings. The smallest absolute Gasteiger partial charge is 0.0511 e. The Labute approximate surface area is 136 Å². The first-order valence-electron chi connectivity index (χ1n) is 8.13. The summed E-state index contributed by atoms with van der Waals surface area (Å²) in [6.07, 6.45) is 3.84. The Balaban J connectivity index is 1.59. The third-order valence-corrected chi connectivity index (χ3v) is 5.13. The van der Waals surface area contributed by atoms with Crippen LogP contribution in [0.25, 0.3) is 0 Å². The number of halogens is 1. The molecule has 1 saturated carbocycles. The van der Waals surface area contributed by atoms with Gasteiger partial charge in [-0.15, -0.1) is 0 Å². The van der Waals surface area contributed by atoms with Gasteiger partial charge in [-0.3, -0.25) is 4.90 Å². The highest BCUT2D eigenvalue weighted by Crippen LogP contribution is 2.31. The number of hydrogen-bond donors (Lipinski definition) is 1. The van der Waals surface area contributed by atoms with Crippen LogP contribution >= 0.6 is 15.9 Å². The summed E-state index contributed by atoms with van der Waals surface area (Å²) in [6, 6.07) is 6.92. The number of rotatable bonds is 5. The molecule has 1 aliphatic heterocycles. The Hall–Kier alpha value is -0.580. The molecule has 116 valence electrons. The van der Waals surface area contributed by atoms with E-state index in [1.165, 1.54) is 48.2 Å². The minimum Gasteiger partial charge on any atom is -0.368 e. The highest BCUT2D eigenvalue weighted by atomic mass is 79.9. The van der Waals surface area contributed by atoms with Crippen LogP contribution in [-0.2, 0) is 6.42 Å². The van der Waals surface area contributed by atoms with Crippen LogP contribution in [0.1, 0.15) is 25.3 Å². The van der Waals surface area contributed by atoms with Crippen molar-refractivity contribution in [2.24, 2.45) is 11.7 Å². The van der Waals surface area contributed by atoms with Gasteiger partial charge in [0.15, 0.2) is 0 Å². The molecule has 2 aliphatic rings. The van der Waals surface area contributed by atoms with Gasteiger partial charge in [0.25, 0.3) is 0 Å². The van der Waals surface area contributed by atoms with E-state index < -0.39 is 0 Å². The fraction of sp³-hybridized carbons (Fsp3) is 0.647. The molecule has 0 bridgehead atoms. The standard InChI is InChI=1S/C17H26BrN3/c1-13(19)10-15-4-5-17(16(18)11-15)21-8-6-20(7-9-21)12-14-2-3-14/h4-5,11,13-14H,2-3,6-10,12,19H2,1H3. The summed E-state index contributed by atoms with van der Waals surface area (Å²) < 4.78 is 1.20. The zero-order chi connectivity index (χ0) is 14.8. The van der Waals surface area contributed by atoms with E-state index in [0.717, 1.165) is 25.4 Å². The van der Waals surface area contributed by atoms with Gasteiger partial charge in [-0.05, 0) is 65.7 Å². The Morgan fingerprint density at radius 1 is 1.24 bits per heavy atom. The lowest BCUT2D eigenvalue weighted by Gasteiger charge is -2.36. The molecule has 4 heteroatoms. The Morgan fingerprint density at radius 2 is 1.95 bits per heavy atom. The summed E-state index contributed by atoms with van der Waals surface area (Å²) in [5.74, 6) is 1.00. The molecule has 21 heavy (non-hydrogen) atoms. The second kappa shape index (κ2) is 6.67. The third-order valence-electron chi connectivity index (χ3n) is 4.50. The zero-order valence-electron chi connectivity index (χ0n) is 12.9. The number of hydrogen-bond acceptors (Lipinski definition) is 3. The molecule has 1 aromatic rings. The van der Waals surface area contributed by atoms with Crippen LogP contribution in [-0.4, -0.2) is 43.7 Å². The maximum atomic E-state index is 5.88. The monoisotopic (exact) mass is 351 g/mol.